The van der Waals surface area contributed by atoms with Crippen LogP contribution in [0.1, 0.15) is 12.8 Å². The van der Waals surface area contributed by atoms with Gasteiger partial charge in [-0.3, -0.25) is 4.79 Å². The molecule has 0 aliphatic carbocycles. The van der Waals surface area contributed by atoms with Gasteiger partial charge < -0.3 is 14.5 Å². The van der Waals surface area contributed by atoms with Crippen LogP contribution in [0.5, 0.6) is 0 Å². The van der Waals surface area contributed by atoms with E-state index in [1.165, 1.54) is 6.08 Å². The fraction of sp³-hybridized carbons (Fsp3) is 0.381. The highest BCUT2D eigenvalue weighted by Crippen LogP contribution is 2.31. The average molecular weight is 364 g/mol. The predicted molar refractivity (Wildman–Crippen MR) is 104 cm³/mol. The van der Waals surface area contributed by atoms with Crippen molar-refractivity contribution >= 4 is 11.9 Å². The standard InChI is InChI=1S/C21H24N4O2/c1-2-19(26)24-10-8-21(9-11-24)16-25(12-13-27-21)20-22-14-18(15-23-20)17-6-4-3-5-7-17/h2-7,14-15H,1,8-13,16H2. The molecule has 140 valence electrons. The minimum Gasteiger partial charge on any atom is -0.371 e. The molecule has 3 heterocycles. The number of ether oxygens (including phenoxy) is 1. The molecule has 1 amide bonds. The quantitative estimate of drug-likeness (QED) is 0.784. The van der Waals surface area contributed by atoms with Gasteiger partial charge in [0, 0.05) is 37.6 Å². The van der Waals surface area contributed by atoms with Crippen LogP contribution in [0.4, 0.5) is 5.95 Å². The molecule has 2 fully saturated rings. The molecule has 0 saturated carbocycles. The van der Waals surface area contributed by atoms with Gasteiger partial charge in [-0.05, 0) is 24.5 Å². The van der Waals surface area contributed by atoms with Crippen molar-refractivity contribution in [3.8, 4) is 11.1 Å². The highest BCUT2D eigenvalue weighted by Gasteiger charge is 2.41. The van der Waals surface area contributed by atoms with E-state index in [9.17, 15) is 4.79 Å². The first kappa shape index (κ1) is 17.7. The molecule has 4 rings (SSSR count). The Labute approximate surface area is 159 Å². The molecule has 1 spiro atoms. The molecule has 2 aromatic rings. The normalized spacial score (nSPS) is 19.1. The Bertz CT molecular complexity index is 799. The molecule has 1 aromatic heterocycles. The number of hydrogen-bond acceptors (Lipinski definition) is 5. The number of amides is 1. The topological polar surface area (TPSA) is 58.6 Å². The van der Waals surface area contributed by atoms with Crippen molar-refractivity contribution in [3.63, 3.8) is 0 Å². The number of piperidine rings is 1. The highest BCUT2D eigenvalue weighted by atomic mass is 16.5. The van der Waals surface area contributed by atoms with E-state index in [2.05, 4.69) is 33.6 Å². The number of hydrogen-bond donors (Lipinski definition) is 0. The molecule has 0 unspecified atom stereocenters. The number of anilines is 1. The van der Waals surface area contributed by atoms with Gasteiger partial charge >= 0.3 is 0 Å². The molecule has 2 aliphatic heterocycles. The first-order valence-corrected chi connectivity index (χ1v) is 9.37. The molecular weight excluding hydrogens is 340 g/mol. The summed E-state index contributed by atoms with van der Waals surface area (Å²) in [6.45, 7) is 7.16. The number of nitrogens with zero attached hydrogens (tertiary/aromatic N) is 4. The van der Waals surface area contributed by atoms with Gasteiger partial charge in [-0.25, -0.2) is 9.97 Å². The largest absolute Gasteiger partial charge is 0.371 e. The van der Waals surface area contributed by atoms with Crippen LogP contribution in [-0.2, 0) is 9.53 Å². The Morgan fingerprint density at radius 1 is 1.07 bits per heavy atom. The van der Waals surface area contributed by atoms with Gasteiger partial charge in [0.05, 0.1) is 18.8 Å². The third kappa shape index (κ3) is 3.71. The highest BCUT2D eigenvalue weighted by molar-refractivity contribution is 5.87. The Hall–Kier alpha value is -2.73. The maximum absolute atomic E-state index is 11.8. The van der Waals surface area contributed by atoms with Crippen LogP contribution in [0.25, 0.3) is 11.1 Å². The summed E-state index contributed by atoms with van der Waals surface area (Å²) >= 11 is 0. The maximum atomic E-state index is 11.8. The second-order valence-electron chi connectivity index (χ2n) is 7.12. The van der Waals surface area contributed by atoms with Crippen molar-refractivity contribution in [1.29, 1.82) is 0 Å². The zero-order valence-electron chi connectivity index (χ0n) is 15.4. The molecule has 1 aromatic carbocycles. The van der Waals surface area contributed by atoms with Crippen LogP contribution in [0, 0.1) is 0 Å². The average Bonchev–Trinajstić information content (AvgIpc) is 2.74. The minimum absolute atomic E-state index is 0.00245. The lowest BCUT2D eigenvalue weighted by Crippen LogP contribution is -2.57. The van der Waals surface area contributed by atoms with E-state index in [-0.39, 0.29) is 11.5 Å². The van der Waals surface area contributed by atoms with Crippen LogP contribution in [0.3, 0.4) is 0 Å². The van der Waals surface area contributed by atoms with Crippen molar-refractivity contribution in [2.75, 3.05) is 37.7 Å². The van der Waals surface area contributed by atoms with Gasteiger partial charge in [0.25, 0.3) is 0 Å². The van der Waals surface area contributed by atoms with Crippen molar-refractivity contribution in [2.45, 2.75) is 18.4 Å². The number of likely N-dealkylation sites (tertiary alicyclic amines) is 1. The van der Waals surface area contributed by atoms with Gasteiger partial charge in [0.1, 0.15) is 0 Å². The molecular formula is C21H24N4O2. The van der Waals surface area contributed by atoms with Crippen LogP contribution in [-0.4, -0.2) is 59.2 Å². The zero-order chi connectivity index (χ0) is 18.7. The molecule has 0 N–H and O–H groups in total. The molecule has 0 radical (unpaired) electrons. The van der Waals surface area contributed by atoms with Gasteiger partial charge in [0.2, 0.25) is 11.9 Å². The minimum atomic E-state index is -0.225. The number of rotatable bonds is 3. The van der Waals surface area contributed by atoms with Gasteiger partial charge in [-0.15, -0.1) is 0 Å². The van der Waals surface area contributed by atoms with E-state index < -0.39 is 0 Å². The maximum Gasteiger partial charge on any atom is 0.245 e. The van der Waals surface area contributed by atoms with Gasteiger partial charge in [-0.1, -0.05) is 36.9 Å². The predicted octanol–water partition coefficient (Wildman–Crippen LogP) is 2.53. The van der Waals surface area contributed by atoms with Crippen molar-refractivity contribution in [1.82, 2.24) is 14.9 Å². The van der Waals surface area contributed by atoms with Gasteiger partial charge in [0.15, 0.2) is 0 Å². The number of aromatic nitrogens is 2. The Morgan fingerprint density at radius 2 is 1.78 bits per heavy atom. The summed E-state index contributed by atoms with van der Waals surface area (Å²) in [6, 6.07) is 10.1. The zero-order valence-corrected chi connectivity index (χ0v) is 15.4. The van der Waals surface area contributed by atoms with E-state index in [0.717, 1.165) is 43.0 Å². The fourth-order valence-corrected chi connectivity index (χ4v) is 3.85. The number of carbonyl (C=O) groups is 1. The summed E-state index contributed by atoms with van der Waals surface area (Å²) < 4.78 is 6.15. The van der Waals surface area contributed by atoms with Gasteiger partial charge in [-0.2, -0.15) is 0 Å². The summed E-state index contributed by atoms with van der Waals surface area (Å²) in [5.41, 5.74) is 1.90. The second-order valence-corrected chi connectivity index (χ2v) is 7.12. The van der Waals surface area contributed by atoms with Crippen molar-refractivity contribution < 1.29 is 9.53 Å². The smallest absolute Gasteiger partial charge is 0.245 e. The Kier molecular flexibility index (Phi) is 4.90. The van der Waals surface area contributed by atoms with E-state index in [0.29, 0.717) is 19.7 Å². The summed E-state index contributed by atoms with van der Waals surface area (Å²) in [5.74, 6) is 0.735. The monoisotopic (exact) mass is 364 g/mol. The molecule has 2 aliphatic rings. The van der Waals surface area contributed by atoms with E-state index in [4.69, 9.17) is 4.74 Å². The number of morpholine rings is 1. The van der Waals surface area contributed by atoms with Crippen molar-refractivity contribution in [2.24, 2.45) is 0 Å². The van der Waals surface area contributed by atoms with Crippen LogP contribution in [0.2, 0.25) is 0 Å². The molecule has 27 heavy (non-hydrogen) atoms. The third-order valence-electron chi connectivity index (χ3n) is 5.44. The van der Waals surface area contributed by atoms with Crippen LogP contribution in [0.15, 0.2) is 55.4 Å². The SMILES string of the molecule is C=CC(=O)N1CCC2(CC1)CN(c1ncc(-c3ccccc3)cn1)CCO2. The third-order valence-corrected chi connectivity index (χ3v) is 5.44. The van der Waals surface area contributed by atoms with E-state index in [1.807, 2.05) is 35.5 Å². The van der Waals surface area contributed by atoms with E-state index >= 15 is 0 Å². The lowest BCUT2D eigenvalue weighted by Gasteiger charge is -2.47. The summed E-state index contributed by atoms with van der Waals surface area (Å²) in [7, 11) is 0. The number of benzene rings is 1. The Morgan fingerprint density at radius 3 is 2.44 bits per heavy atom. The first-order chi connectivity index (χ1) is 13.2. The Balaban J connectivity index is 1.44. The summed E-state index contributed by atoms with van der Waals surface area (Å²) in [4.78, 5) is 25.0. The van der Waals surface area contributed by atoms with Crippen LogP contribution < -0.4 is 4.90 Å². The fourth-order valence-electron chi connectivity index (χ4n) is 3.85. The molecule has 6 nitrogen and oxygen atoms in total. The summed E-state index contributed by atoms with van der Waals surface area (Å²) in [5, 5.41) is 0. The lowest BCUT2D eigenvalue weighted by molar-refractivity contribution is -0.134. The number of carbonyl (C=O) groups excluding carboxylic acids is 1. The van der Waals surface area contributed by atoms with Crippen LogP contribution >= 0.6 is 0 Å². The first-order valence-electron chi connectivity index (χ1n) is 9.37. The second kappa shape index (κ2) is 7.48. The summed E-state index contributed by atoms with van der Waals surface area (Å²) in [6.07, 6.45) is 6.79. The molecule has 6 heteroatoms. The lowest BCUT2D eigenvalue weighted by atomic mass is 9.89. The van der Waals surface area contributed by atoms with Crippen molar-refractivity contribution in [3.05, 3.63) is 55.4 Å². The molecule has 0 bridgehead atoms. The molecule has 0 atom stereocenters. The van der Waals surface area contributed by atoms with E-state index in [1.54, 1.807) is 0 Å². The molecule has 2 saturated heterocycles.